The lowest BCUT2D eigenvalue weighted by Crippen LogP contribution is -2.15. The van der Waals surface area contributed by atoms with Crippen LogP contribution in [0.25, 0.3) is 0 Å². The van der Waals surface area contributed by atoms with Crippen LogP contribution in [-0.4, -0.2) is 6.54 Å². The Balaban J connectivity index is 1.79. The molecule has 22 heavy (non-hydrogen) atoms. The van der Waals surface area contributed by atoms with E-state index in [9.17, 15) is 0 Å². The number of benzene rings is 2. The van der Waals surface area contributed by atoms with E-state index < -0.39 is 0 Å². The van der Waals surface area contributed by atoms with E-state index in [1.54, 1.807) is 0 Å². The highest BCUT2D eigenvalue weighted by molar-refractivity contribution is 5.33. The number of nitrogens with one attached hydrogen (secondary N) is 1. The molecule has 0 amide bonds. The molecule has 0 aliphatic carbocycles. The molecule has 0 aliphatic heterocycles. The Morgan fingerprint density at radius 1 is 0.864 bits per heavy atom. The van der Waals surface area contributed by atoms with Gasteiger partial charge >= 0.3 is 0 Å². The van der Waals surface area contributed by atoms with Crippen molar-refractivity contribution in [1.29, 1.82) is 0 Å². The first-order chi connectivity index (χ1) is 10.9. The van der Waals surface area contributed by atoms with E-state index in [0.29, 0.717) is 6.61 Å². The molecule has 0 aliphatic rings. The van der Waals surface area contributed by atoms with Crippen LogP contribution in [0.1, 0.15) is 43.7 Å². The Morgan fingerprint density at radius 2 is 1.64 bits per heavy atom. The number of rotatable bonds is 10. The fourth-order valence-electron chi connectivity index (χ4n) is 2.43. The molecule has 2 heteroatoms. The Morgan fingerprint density at radius 3 is 2.45 bits per heavy atom. The predicted octanol–water partition coefficient (Wildman–Crippen LogP) is 4.94. The van der Waals surface area contributed by atoms with Crippen LogP contribution in [0.4, 0.5) is 0 Å². The average Bonchev–Trinajstić information content (AvgIpc) is 2.58. The minimum atomic E-state index is 0.619. The molecule has 0 atom stereocenters. The Bertz CT molecular complexity index is 524. The van der Waals surface area contributed by atoms with Gasteiger partial charge in [0.15, 0.2) is 0 Å². The zero-order valence-electron chi connectivity index (χ0n) is 13.6. The van der Waals surface area contributed by atoms with E-state index in [1.165, 1.54) is 36.8 Å². The molecule has 0 unspecified atom stereocenters. The maximum atomic E-state index is 5.98. The van der Waals surface area contributed by atoms with Gasteiger partial charge in [0.1, 0.15) is 12.4 Å². The minimum absolute atomic E-state index is 0.619. The molecule has 0 fully saturated rings. The molecule has 2 rings (SSSR count). The maximum absolute atomic E-state index is 5.98. The molecule has 2 aromatic carbocycles. The van der Waals surface area contributed by atoms with Crippen LogP contribution >= 0.6 is 0 Å². The summed E-state index contributed by atoms with van der Waals surface area (Å²) >= 11 is 0. The first-order valence-corrected chi connectivity index (χ1v) is 8.35. The van der Waals surface area contributed by atoms with Crippen molar-refractivity contribution >= 4 is 0 Å². The summed E-state index contributed by atoms with van der Waals surface area (Å²) in [6.07, 6.45) is 5.19. The molecule has 0 saturated heterocycles. The van der Waals surface area contributed by atoms with Crippen molar-refractivity contribution in [1.82, 2.24) is 5.32 Å². The lowest BCUT2D eigenvalue weighted by atomic mass is 10.2. The highest BCUT2D eigenvalue weighted by atomic mass is 16.5. The molecule has 0 heterocycles. The summed E-state index contributed by atoms with van der Waals surface area (Å²) in [6.45, 7) is 4.81. The molecule has 2 nitrogen and oxygen atoms in total. The van der Waals surface area contributed by atoms with E-state index in [0.717, 1.165) is 18.8 Å². The topological polar surface area (TPSA) is 21.3 Å². The smallest absolute Gasteiger partial charge is 0.124 e. The number of hydrogen-bond donors (Lipinski definition) is 1. The quantitative estimate of drug-likeness (QED) is 0.627. The third-order valence-corrected chi connectivity index (χ3v) is 3.73. The number of hydrogen-bond acceptors (Lipinski definition) is 2. The molecule has 0 aromatic heterocycles. The van der Waals surface area contributed by atoms with Gasteiger partial charge in [-0.05, 0) is 24.6 Å². The lowest BCUT2D eigenvalue weighted by Gasteiger charge is -2.12. The molecule has 0 saturated carbocycles. The molecule has 0 spiro atoms. The van der Waals surface area contributed by atoms with E-state index in [1.807, 2.05) is 24.3 Å². The normalized spacial score (nSPS) is 10.6. The van der Waals surface area contributed by atoms with Gasteiger partial charge in [-0.25, -0.2) is 0 Å². The van der Waals surface area contributed by atoms with Crippen LogP contribution in [0.2, 0.25) is 0 Å². The van der Waals surface area contributed by atoms with Gasteiger partial charge in [-0.2, -0.15) is 0 Å². The number of ether oxygens (including phenoxy) is 1. The standard InChI is InChI=1S/C20H27NO/c1-2-3-4-10-15-21-16-19-13-8-9-14-20(19)22-17-18-11-6-5-7-12-18/h5-9,11-14,21H,2-4,10,15-17H2,1H3. The van der Waals surface area contributed by atoms with Gasteiger partial charge < -0.3 is 10.1 Å². The molecule has 0 radical (unpaired) electrons. The fraction of sp³-hybridized carbons (Fsp3) is 0.400. The summed E-state index contributed by atoms with van der Waals surface area (Å²) < 4.78 is 5.98. The minimum Gasteiger partial charge on any atom is -0.489 e. The number of unbranched alkanes of at least 4 members (excludes halogenated alkanes) is 3. The van der Waals surface area contributed by atoms with Gasteiger partial charge in [-0.1, -0.05) is 74.7 Å². The van der Waals surface area contributed by atoms with Crippen molar-refractivity contribution in [2.75, 3.05) is 6.54 Å². The van der Waals surface area contributed by atoms with E-state index >= 15 is 0 Å². The predicted molar refractivity (Wildman–Crippen MR) is 93.1 cm³/mol. The van der Waals surface area contributed by atoms with E-state index in [2.05, 4.69) is 42.6 Å². The molecule has 1 N–H and O–H groups in total. The van der Waals surface area contributed by atoms with Gasteiger partial charge in [0.25, 0.3) is 0 Å². The van der Waals surface area contributed by atoms with Crippen molar-refractivity contribution in [2.45, 2.75) is 45.8 Å². The monoisotopic (exact) mass is 297 g/mol. The summed E-state index contributed by atoms with van der Waals surface area (Å²) in [5.74, 6) is 0.979. The number of para-hydroxylation sites is 1. The molecular formula is C20H27NO. The fourth-order valence-corrected chi connectivity index (χ4v) is 2.43. The highest BCUT2D eigenvalue weighted by Crippen LogP contribution is 2.19. The molecule has 0 bridgehead atoms. The summed E-state index contributed by atoms with van der Waals surface area (Å²) in [5, 5.41) is 3.52. The second-order valence-corrected chi connectivity index (χ2v) is 5.62. The van der Waals surface area contributed by atoms with Crippen molar-refractivity contribution in [2.24, 2.45) is 0 Å². The van der Waals surface area contributed by atoms with Crippen molar-refractivity contribution in [3.8, 4) is 5.75 Å². The summed E-state index contributed by atoms with van der Waals surface area (Å²) in [5.41, 5.74) is 2.43. The highest BCUT2D eigenvalue weighted by Gasteiger charge is 2.03. The first kappa shape index (κ1) is 16.6. The van der Waals surface area contributed by atoms with Crippen LogP contribution in [-0.2, 0) is 13.2 Å². The van der Waals surface area contributed by atoms with Gasteiger partial charge in [0, 0.05) is 12.1 Å². The SMILES string of the molecule is CCCCCCNCc1ccccc1OCc1ccccc1. The van der Waals surface area contributed by atoms with Gasteiger partial charge in [0.2, 0.25) is 0 Å². The maximum Gasteiger partial charge on any atom is 0.124 e. The summed E-state index contributed by atoms with van der Waals surface area (Å²) in [7, 11) is 0. The van der Waals surface area contributed by atoms with E-state index in [-0.39, 0.29) is 0 Å². The van der Waals surface area contributed by atoms with Crippen LogP contribution < -0.4 is 10.1 Å². The van der Waals surface area contributed by atoms with Crippen LogP contribution in [0.5, 0.6) is 5.75 Å². The van der Waals surface area contributed by atoms with Crippen LogP contribution in [0.3, 0.4) is 0 Å². The lowest BCUT2D eigenvalue weighted by molar-refractivity contribution is 0.302. The summed E-state index contributed by atoms with van der Waals surface area (Å²) in [4.78, 5) is 0. The third kappa shape index (κ3) is 5.90. The molecule has 2 aromatic rings. The van der Waals surface area contributed by atoms with Crippen molar-refractivity contribution < 1.29 is 4.74 Å². The second-order valence-electron chi connectivity index (χ2n) is 5.62. The van der Waals surface area contributed by atoms with Crippen LogP contribution in [0.15, 0.2) is 54.6 Å². The van der Waals surface area contributed by atoms with Gasteiger partial charge in [-0.3, -0.25) is 0 Å². The van der Waals surface area contributed by atoms with Gasteiger partial charge in [-0.15, -0.1) is 0 Å². The first-order valence-electron chi connectivity index (χ1n) is 8.35. The third-order valence-electron chi connectivity index (χ3n) is 3.73. The van der Waals surface area contributed by atoms with Gasteiger partial charge in [0.05, 0.1) is 0 Å². The largest absolute Gasteiger partial charge is 0.489 e. The Hall–Kier alpha value is -1.80. The zero-order valence-corrected chi connectivity index (χ0v) is 13.6. The van der Waals surface area contributed by atoms with E-state index in [4.69, 9.17) is 4.74 Å². The molecule has 118 valence electrons. The summed E-state index contributed by atoms with van der Waals surface area (Å²) in [6, 6.07) is 18.6. The Labute approximate surface area is 134 Å². The van der Waals surface area contributed by atoms with Crippen molar-refractivity contribution in [3.63, 3.8) is 0 Å². The molecular weight excluding hydrogens is 270 g/mol. The second kappa shape index (κ2) is 10.0. The van der Waals surface area contributed by atoms with Crippen LogP contribution in [0, 0.1) is 0 Å². The average molecular weight is 297 g/mol. The Kier molecular flexibility index (Phi) is 7.54. The van der Waals surface area contributed by atoms with Crippen molar-refractivity contribution in [3.05, 3.63) is 65.7 Å². The zero-order chi connectivity index (χ0) is 15.5.